The van der Waals surface area contributed by atoms with Gasteiger partial charge in [0, 0.05) is 11.8 Å². The van der Waals surface area contributed by atoms with Gasteiger partial charge in [-0.3, -0.25) is 9.59 Å². The third-order valence-electron chi connectivity index (χ3n) is 5.78. The maximum absolute atomic E-state index is 13.6. The Bertz CT molecular complexity index is 1250. The van der Waals surface area contributed by atoms with Gasteiger partial charge in [-0.1, -0.05) is 56.3 Å². The first-order chi connectivity index (χ1) is 16.0. The lowest BCUT2D eigenvalue weighted by atomic mass is 10.0. The summed E-state index contributed by atoms with van der Waals surface area (Å²) in [6.07, 6.45) is 0. The second-order valence-electron chi connectivity index (χ2n) is 8.29. The number of fused-ring (bicyclic) bond motifs is 1. The summed E-state index contributed by atoms with van der Waals surface area (Å²) in [4.78, 5) is 28.3. The maximum atomic E-state index is 13.6. The monoisotopic (exact) mass is 440 g/mol. The molecular weight excluding hydrogens is 416 g/mol. The zero-order valence-electron chi connectivity index (χ0n) is 18.5. The molecular formula is C27H24N2O4. The second kappa shape index (κ2) is 8.47. The number of carbonyl (C=O) groups excluding carboxylic acids is 2. The molecule has 0 fully saturated rings. The first kappa shape index (κ1) is 20.8. The molecule has 0 atom stereocenters. The van der Waals surface area contributed by atoms with E-state index in [1.807, 2.05) is 54.6 Å². The minimum atomic E-state index is -0.413. The Labute approximate surface area is 192 Å². The van der Waals surface area contributed by atoms with Gasteiger partial charge in [0.25, 0.3) is 11.8 Å². The standard InChI is InChI=1S/C27H24N2O4/c1-17(2)18-8-10-20(11-9-18)28-25-24(19-6-4-3-5-7-19)26(30)29(27(25)31)21-12-13-22-23(16-21)33-15-14-32-22/h3-13,16-17,28H,14-15H2,1-2H3. The normalized spacial score (nSPS) is 15.4. The van der Waals surface area contributed by atoms with Crippen molar-refractivity contribution >= 4 is 28.8 Å². The van der Waals surface area contributed by atoms with Gasteiger partial charge < -0.3 is 14.8 Å². The minimum absolute atomic E-state index is 0.249. The molecule has 0 bridgehead atoms. The molecule has 0 saturated carbocycles. The molecule has 6 heteroatoms. The fraction of sp³-hybridized carbons (Fsp3) is 0.185. The Morgan fingerprint density at radius 1 is 0.818 bits per heavy atom. The van der Waals surface area contributed by atoms with Crippen LogP contribution in [0.3, 0.4) is 0 Å². The first-order valence-electron chi connectivity index (χ1n) is 11.0. The van der Waals surface area contributed by atoms with E-state index in [1.165, 1.54) is 10.5 Å². The number of amides is 2. The number of imide groups is 1. The molecule has 0 aromatic heterocycles. The van der Waals surface area contributed by atoms with E-state index in [0.29, 0.717) is 47.5 Å². The van der Waals surface area contributed by atoms with Gasteiger partial charge in [-0.15, -0.1) is 0 Å². The molecule has 0 unspecified atom stereocenters. The molecule has 2 amide bonds. The van der Waals surface area contributed by atoms with E-state index in [0.717, 1.165) is 5.69 Å². The van der Waals surface area contributed by atoms with Crippen LogP contribution in [0, 0.1) is 0 Å². The van der Waals surface area contributed by atoms with E-state index < -0.39 is 5.91 Å². The van der Waals surface area contributed by atoms with Gasteiger partial charge in [0.2, 0.25) is 0 Å². The highest BCUT2D eigenvalue weighted by Gasteiger charge is 2.40. The molecule has 166 valence electrons. The number of ether oxygens (including phenoxy) is 2. The molecule has 2 heterocycles. The van der Waals surface area contributed by atoms with E-state index >= 15 is 0 Å². The molecule has 3 aromatic carbocycles. The number of nitrogens with zero attached hydrogens (tertiary/aromatic N) is 1. The molecule has 1 N–H and O–H groups in total. The van der Waals surface area contributed by atoms with Gasteiger partial charge in [0.05, 0.1) is 11.3 Å². The molecule has 0 aliphatic carbocycles. The number of rotatable bonds is 5. The highest BCUT2D eigenvalue weighted by molar-refractivity contribution is 6.46. The summed E-state index contributed by atoms with van der Waals surface area (Å²) in [5, 5.41) is 3.21. The van der Waals surface area contributed by atoms with Crippen molar-refractivity contribution in [3.63, 3.8) is 0 Å². The van der Waals surface area contributed by atoms with Crippen LogP contribution in [0.25, 0.3) is 5.57 Å². The van der Waals surface area contributed by atoms with Crippen molar-refractivity contribution in [1.29, 1.82) is 0 Å². The SMILES string of the molecule is CC(C)c1ccc(NC2=C(c3ccccc3)C(=O)N(c3ccc4c(c3)OCCO4)C2=O)cc1. The minimum Gasteiger partial charge on any atom is -0.486 e. The molecule has 0 spiro atoms. The van der Waals surface area contributed by atoms with E-state index in [4.69, 9.17) is 9.47 Å². The average Bonchev–Trinajstić information content (AvgIpc) is 3.08. The van der Waals surface area contributed by atoms with Crippen molar-refractivity contribution in [3.8, 4) is 11.5 Å². The lowest BCUT2D eigenvalue weighted by molar-refractivity contribution is -0.120. The molecule has 0 radical (unpaired) electrons. The second-order valence-corrected chi connectivity index (χ2v) is 8.29. The van der Waals surface area contributed by atoms with Crippen LogP contribution in [0.2, 0.25) is 0 Å². The summed E-state index contributed by atoms with van der Waals surface area (Å²) in [6.45, 7) is 5.15. The topological polar surface area (TPSA) is 67.9 Å². The molecule has 3 aromatic rings. The highest BCUT2D eigenvalue weighted by Crippen LogP contribution is 2.38. The molecule has 6 nitrogen and oxygen atoms in total. The van der Waals surface area contributed by atoms with Crippen LogP contribution in [0.5, 0.6) is 11.5 Å². The third kappa shape index (κ3) is 3.84. The van der Waals surface area contributed by atoms with Crippen LogP contribution in [0.1, 0.15) is 30.9 Å². The van der Waals surface area contributed by atoms with Crippen molar-refractivity contribution in [2.45, 2.75) is 19.8 Å². The number of hydrogen-bond acceptors (Lipinski definition) is 5. The predicted octanol–water partition coefficient (Wildman–Crippen LogP) is 4.98. The molecule has 2 aliphatic heterocycles. The zero-order chi connectivity index (χ0) is 22.9. The Kier molecular flexibility index (Phi) is 5.34. The maximum Gasteiger partial charge on any atom is 0.282 e. The van der Waals surface area contributed by atoms with Gasteiger partial charge in [-0.2, -0.15) is 0 Å². The number of nitrogens with one attached hydrogen (secondary N) is 1. The third-order valence-corrected chi connectivity index (χ3v) is 5.78. The number of carbonyl (C=O) groups is 2. The van der Waals surface area contributed by atoms with Crippen LogP contribution in [-0.4, -0.2) is 25.0 Å². The molecule has 2 aliphatic rings. The molecule has 5 rings (SSSR count). The van der Waals surface area contributed by atoms with Crippen molar-refractivity contribution in [2.75, 3.05) is 23.4 Å². The number of benzene rings is 3. The summed E-state index contributed by atoms with van der Waals surface area (Å²) >= 11 is 0. The van der Waals surface area contributed by atoms with Crippen LogP contribution in [0.4, 0.5) is 11.4 Å². The van der Waals surface area contributed by atoms with Crippen LogP contribution < -0.4 is 19.7 Å². The Hall–Kier alpha value is -4.06. The zero-order valence-corrected chi connectivity index (χ0v) is 18.5. The van der Waals surface area contributed by atoms with Gasteiger partial charge >= 0.3 is 0 Å². The van der Waals surface area contributed by atoms with Gasteiger partial charge in [0.15, 0.2) is 11.5 Å². The largest absolute Gasteiger partial charge is 0.486 e. The Balaban J connectivity index is 1.54. The number of anilines is 2. The van der Waals surface area contributed by atoms with E-state index in [1.54, 1.807) is 18.2 Å². The van der Waals surface area contributed by atoms with Crippen molar-refractivity contribution in [3.05, 3.63) is 89.6 Å². The quantitative estimate of drug-likeness (QED) is 0.567. The van der Waals surface area contributed by atoms with Crippen molar-refractivity contribution in [2.24, 2.45) is 0 Å². The molecule has 0 saturated heterocycles. The van der Waals surface area contributed by atoms with Crippen molar-refractivity contribution < 1.29 is 19.1 Å². The van der Waals surface area contributed by atoms with Crippen molar-refractivity contribution in [1.82, 2.24) is 0 Å². The Morgan fingerprint density at radius 3 is 2.21 bits per heavy atom. The summed E-state index contributed by atoms with van der Waals surface area (Å²) in [6, 6.07) is 22.2. The smallest absolute Gasteiger partial charge is 0.282 e. The summed E-state index contributed by atoms with van der Waals surface area (Å²) in [7, 11) is 0. The highest BCUT2D eigenvalue weighted by atomic mass is 16.6. The van der Waals surface area contributed by atoms with Crippen LogP contribution in [-0.2, 0) is 9.59 Å². The predicted molar refractivity (Wildman–Crippen MR) is 127 cm³/mol. The summed E-state index contributed by atoms with van der Waals surface area (Å²) in [5.41, 5.74) is 3.64. The van der Waals surface area contributed by atoms with Gasteiger partial charge in [0.1, 0.15) is 18.9 Å². The first-order valence-corrected chi connectivity index (χ1v) is 11.0. The Morgan fingerprint density at radius 2 is 1.52 bits per heavy atom. The lowest BCUT2D eigenvalue weighted by Gasteiger charge is -2.21. The van der Waals surface area contributed by atoms with E-state index in [-0.39, 0.29) is 11.6 Å². The van der Waals surface area contributed by atoms with Crippen LogP contribution >= 0.6 is 0 Å². The fourth-order valence-corrected chi connectivity index (χ4v) is 4.02. The van der Waals surface area contributed by atoms with Gasteiger partial charge in [-0.25, -0.2) is 4.90 Å². The lowest BCUT2D eigenvalue weighted by Crippen LogP contribution is -2.32. The van der Waals surface area contributed by atoms with E-state index in [2.05, 4.69) is 19.2 Å². The van der Waals surface area contributed by atoms with E-state index in [9.17, 15) is 9.59 Å². The summed E-state index contributed by atoms with van der Waals surface area (Å²) in [5.74, 6) is 0.724. The average molecular weight is 440 g/mol. The molecule has 33 heavy (non-hydrogen) atoms. The summed E-state index contributed by atoms with van der Waals surface area (Å²) < 4.78 is 11.2. The fourth-order valence-electron chi connectivity index (χ4n) is 4.02. The van der Waals surface area contributed by atoms with Gasteiger partial charge in [-0.05, 0) is 41.3 Å². The number of hydrogen-bond donors (Lipinski definition) is 1. The van der Waals surface area contributed by atoms with Crippen LogP contribution in [0.15, 0.2) is 78.5 Å².